The lowest BCUT2D eigenvalue weighted by Crippen LogP contribution is -2.13. The Morgan fingerprint density at radius 3 is 2.55 bits per heavy atom. The van der Waals surface area contributed by atoms with Crippen molar-refractivity contribution in [3.63, 3.8) is 0 Å². The lowest BCUT2D eigenvalue weighted by molar-refractivity contribution is -0.141. The molecule has 0 aliphatic carbocycles. The van der Waals surface area contributed by atoms with Crippen molar-refractivity contribution in [1.82, 2.24) is 4.98 Å². The molecule has 12 heteroatoms. The van der Waals surface area contributed by atoms with Crippen LogP contribution in [-0.2, 0) is 25.2 Å². The van der Waals surface area contributed by atoms with Gasteiger partial charge in [0, 0.05) is 44.0 Å². The average Bonchev–Trinajstić information content (AvgIpc) is 2.64. The highest BCUT2D eigenvalue weighted by atomic mass is 79.9. The second kappa shape index (κ2) is 13.8. The summed E-state index contributed by atoms with van der Waals surface area (Å²) >= 11 is 21.9. The van der Waals surface area contributed by atoms with Crippen molar-refractivity contribution in [3.8, 4) is 0 Å². The molecule has 0 aliphatic rings. The number of hydrogen-bond donors (Lipinski definition) is 0. The second-order valence-corrected chi connectivity index (χ2v) is 9.72. The molecule has 0 bridgehead atoms. The molecule has 0 saturated heterocycles. The summed E-state index contributed by atoms with van der Waals surface area (Å²) in [5, 5.41) is 1.17. The zero-order valence-corrected chi connectivity index (χ0v) is 21.0. The lowest BCUT2D eigenvalue weighted by atomic mass is 10.0. The predicted octanol–water partition coefficient (Wildman–Crippen LogP) is 6.44. The summed E-state index contributed by atoms with van der Waals surface area (Å²) in [6.45, 7) is 1.91. The Balaban J connectivity index is 0.000000960. The molecule has 0 aliphatic heterocycles. The van der Waals surface area contributed by atoms with Crippen LogP contribution in [0.25, 0.3) is 0 Å². The molecule has 158 valence electrons. The number of carbonyl (C=O) groups excluding carboxylic acids is 1. The molecule has 0 atom stereocenters. The number of benzene rings is 1. The summed E-state index contributed by atoms with van der Waals surface area (Å²) in [6, 6.07) is 7.13. The van der Waals surface area contributed by atoms with Crippen LogP contribution < -0.4 is 0 Å². The molecule has 1 aromatic carbocycles. The fraction of sp³-hybridized carbons (Fsp3) is 0.235. The van der Waals surface area contributed by atoms with Crippen LogP contribution in [-0.4, -0.2) is 34.0 Å². The number of aliphatic imine (C=N–C) groups is 1. The lowest BCUT2D eigenvalue weighted by Gasteiger charge is -2.11. The SMILES string of the molecule is CCOC(=O)CN=C(Cc1cccc(Cl)c1Cl)c1cc(Br)cnc1Cl.O=S(Cl)Cl. The van der Waals surface area contributed by atoms with Gasteiger partial charge < -0.3 is 4.74 Å². The summed E-state index contributed by atoms with van der Waals surface area (Å²) in [4.78, 5) is 20.2. The molecule has 0 unspecified atom stereocenters. The number of pyridine rings is 1. The third kappa shape index (κ3) is 9.96. The number of nitrogens with zero attached hydrogens (tertiary/aromatic N) is 2. The van der Waals surface area contributed by atoms with E-state index in [2.05, 4.69) is 47.3 Å². The summed E-state index contributed by atoms with van der Waals surface area (Å²) in [5.41, 5.74) is 1.94. The zero-order valence-electron chi connectivity index (χ0n) is 14.8. The highest BCUT2D eigenvalue weighted by Crippen LogP contribution is 2.28. The first-order chi connectivity index (χ1) is 13.6. The Labute approximate surface area is 203 Å². The van der Waals surface area contributed by atoms with Crippen LogP contribution in [0.15, 0.2) is 39.9 Å². The van der Waals surface area contributed by atoms with Gasteiger partial charge in [0.15, 0.2) is 0 Å². The van der Waals surface area contributed by atoms with E-state index in [9.17, 15) is 4.79 Å². The van der Waals surface area contributed by atoms with Crippen molar-refractivity contribution in [2.45, 2.75) is 13.3 Å². The minimum Gasteiger partial charge on any atom is -0.465 e. The van der Waals surface area contributed by atoms with Gasteiger partial charge in [-0.1, -0.05) is 46.9 Å². The van der Waals surface area contributed by atoms with E-state index in [-0.39, 0.29) is 11.7 Å². The maximum Gasteiger partial charge on any atom is 0.327 e. The largest absolute Gasteiger partial charge is 0.465 e. The third-order valence-corrected chi connectivity index (χ3v) is 4.80. The Morgan fingerprint density at radius 1 is 1.28 bits per heavy atom. The quantitative estimate of drug-likeness (QED) is 0.170. The van der Waals surface area contributed by atoms with E-state index in [4.69, 9.17) is 43.7 Å². The summed E-state index contributed by atoms with van der Waals surface area (Å²) < 4.78 is 14.8. The van der Waals surface area contributed by atoms with Crippen LogP contribution in [0, 0.1) is 0 Å². The van der Waals surface area contributed by atoms with E-state index in [1.165, 1.54) is 0 Å². The van der Waals surface area contributed by atoms with Crippen molar-refractivity contribution in [3.05, 3.63) is 61.3 Å². The Hall–Kier alpha value is -0.410. The normalized spacial score (nSPS) is 11.1. The van der Waals surface area contributed by atoms with Gasteiger partial charge in [-0.3, -0.25) is 9.79 Å². The number of halogens is 6. The van der Waals surface area contributed by atoms with E-state index in [1.54, 1.807) is 31.3 Å². The number of hydrogen-bond acceptors (Lipinski definition) is 5. The molecular formula is C17H14BrCl5N2O3S. The highest BCUT2D eigenvalue weighted by Gasteiger charge is 2.15. The van der Waals surface area contributed by atoms with E-state index in [0.717, 1.165) is 10.0 Å². The van der Waals surface area contributed by atoms with E-state index >= 15 is 0 Å². The molecule has 0 saturated carbocycles. The van der Waals surface area contributed by atoms with Gasteiger partial charge in [0.05, 0.1) is 22.4 Å². The molecule has 0 amide bonds. The highest BCUT2D eigenvalue weighted by molar-refractivity contribution is 9.10. The molecule has 1 heterocycles. The molecule has 2 aromatic rings. The van der Waals surface area contributed by atoms with Crippen molar-refractivity contribution < 1.29 is 13.7 Å². The third-order valence-electron chi connectivity index (χ3n) is 3.21. The fourth-order valence-corrected chi connectivity index (χ4v) is 3.02. The van der Waals surface area contributed by atoms with Crippen LogP contribution in [0.4, 0.5) is 0 Å². The van der Waals surface area contributed by atoms with Gasteiger partial charge in [-0.05, 0) is 40.5 Å². The Morgan fingerprint density at radius 2 is 1.93 bits per heavy atom. The first kappa shape index (κ1) is 26.6. The van der Waals surface area contributed by atoms with Crippen molar-refractivity contribution in [1.29, 1.82) is 0 Å². The number of esters is 1. The van der Waals surface area contributed by atoms with Gasteiger partial charge >= 0.3 is 5.97 Å². The molecule has 0 fully saturated rings. The first-order valence-corrected chi connectivity index (χ1v) is 12.6. The van der Waals surface area contributed by atoms with Gasteiger partial charge in [0.25, 0.3) is 0 Å². The minimum absolute atomic E-state index is 0.121. The topological polar surface area (TPSA) is 68.6 Å². The predicted molar refractivity (Wildman–Crippen MR) is 125 cm³/mol. The number of carbonyl (C=O) groups is 1. The molecular weight excluding hydrogens is 569 g/mol. The summed E-state index contributed by atoms with van der Waals surface area (Å²) in [5.74, 6) is -0.420. The summed E-state index contributed by atoms with van der Waals surface area (Å²) in [7, 11) is 7.36. The van der Waals surface area contributed by atoms with E-state index in [0.29, 0.717) is 34.3 Å². The Bertz CT molecular complexity index is 911. The summed E-state index contributed by atoms with van der Waals surface area (Å²) in [6.07, 6.45) is 1.93. The Kier molecular flexibility index (Phi) is 12.7. The second-order valence-electron chi connectivity index (χ2n) is 5.13. The van der Waals surface area contributed by atoms with Crippen LogP contribution in [0.3, 0.4) is 0 Å². The maximum atomic E-state index is 11.7. The minimum atomic E-state index is -1.67. The number of ether oxygens (including phenoxy) is 1. The van der Waals surface area contributed by atoms with Crippen LogP contribution in [0.5, 0.6) is 0 Å². The monoisotopic (exact) mass is 580 g/mol. The van der Waals surface area contributed by atoms with Crippen LogP contribution >= 0.6 is 72.1 Å². The molecule has 2 rings (SSSR count). The molecule has 0 N–H and O–H groups in total. The molecule has 0 radical (unpaired) electrons. The molecule has 1 aromatic heterocycles. The first-order valence-electron chi connectivity index (χ1n) is 7.83. The van der Waals surface area contributed by atoms with Gasteiger partial charge in [-0.15, -0.1) is 0 Å². The average molecular weight is 584 g/mol. The number of rotatable bonds is 6. The van der Waals surface area contributed by atoms with Gasteiger partial charge in [0.2, 0.25) is 9.23 Å². The number of aromatic nitrogens is 1. The van der Waals surface area contributed by atoms with E-state index in [1.807, 2.05) is 6.07 Å². The molecule has 5 nitrogen and oxygen atoms in total. The maximum absolute atomic E-state index is 11.7. The fourth-order valence-electron chi connectivity index (χ4n) is 2.09. The molecule has 29 heavy (non-hydrogen) atoms. The molecule has 0 spiro atoms. The standard InChI is InChI=1S/C17H14BrCl3N2O2.Cl2OS/c1-2-25-15(24)9-22-14(12-7-11(18)8-23-17(12)21)6-10-4-3-5-13(19)16(10)20;1-4(2)3/h3-5,7-8H,2,6,9H2,1H3;. The van der Waals surface area contributed by atoms with Gasteiger partial charge in [-0.2, -0.15) is 0 Å². The van der Waals surface area contributed by atoms with Gasteiger partial charge in [-0.25, -0.2) is 9.19 Å². The van der Waals surface area contributed by atoms with Crippen molar-refractivity contribution >= 4 is 93.0 Å². The van der Waals surface area contributed by atoms with Crippen molar-refractivity contribution in [2.75, 3.05) is 13.2 Å². The van der Waals surface area contributed by atoms with Crippen LogP contribution in [0.1, 0.15) is 18.1 Å². The smallest absolute Gasteiger partial charge is 0.327 e. The zero-order chi connectivity index (χ0) is 22.0. The van der Waals surface area contributed by atoms with Gasteiger partial charge in [0.1, 0.15) is 11.7 Å². The van der Waals surface area contributed by atoms with E-state index < -0.39 is 15.2 Å². The van der Waals surface area contributed by atoms with Crippen molar-refractivity contribution in [2.24, 2.45) is 4.99 Å². The van der Waals surface area contributed by atoms with Crippen LogP contribution in [0.2, 0.25) is 15.2 Å².